The van der Waals surface area contributed by atoms with Crippen molar-refractivity contribution in [3.05, 3.63) is 40.3 Å². The molecule has 6 nitrogen and oxygen atoms in total. The highest BCUT2D eigenvalue weighted by Crippen LogP contribution is 2.28. The zero-order valence-corrected chi connectivity index (χ0v) is 19.3. The Balaban J connectivity index is 0.00000261. The molecule has 8 heteroatoms. The standard InChI is InChI=1S/C19H27N5OS.HI/c1-4-20-19(21-13-18-15(2)22-14-26-18)24-11-9-23(10-12-24)16-7-5-6-8-17(16)25-3;/h5-8,14H,4,9-13H2,1-3H3,(H,20,21);1H. The highest BCUT2D eigenvalue weighted by molar-refractivity contribution is 14.0. The number of methoxy groups -OCH3 is 1. The number of aromatic nitrogens is 1. The average Bonchev–Trinajstić information content (AvgIpc) is 3.10. The SMILES string of the molecule is CCNC(=NCc1scnc1C)N1CCN(c2ccccc2OC)CC1.I. The molecule has 27 heavy (non-hydrogen) atoms. The fourth-order valence-corrected chi connectivity index (χ4v) is 3.80. The Labute approximate surface area is 182 Å². The molecule has 1 fully saturated rings. The maximum Gasteiger partial charge on any atom is 0.194 e. The van der Waals surface area contributed by atoms with Crippen LogP contribution in [0.3, 0.4) is 0 Å². The number of aliphatic imine (C=N–C) groups is 1. The average molecular weight is 501 g/mol. The van der Waals surface area contributed by atoms with Crippen molar-refractivity contribution in [2.45, 2.75) is 20.4 Å². The molecule has 148 valence electrons. The largest absolute Gasteiger partial charge is 0.495 e. The van der Waals surface area contributed by atoms with Gasteiger partial charge in [-0.1, -0.05) is 12.1 Å². The minimum absolute atomic E-state index is 0. The van der Waals surface area contributed by atoms with E-state index in [2.05, 4.69) is 39.2 Å². The van der Waals surface area contributed by atoms with Crippen LogP contribution in [0, 0.1) is 6.92 Å². The van der Waals surface area contributed by atoms with Crippen molar-refractivity contribution < 1.29 is 4.74 Å². The molecule has 2 heterocycles. The Morgan fingerprint density at radius 1 is 1.26 bits per heavy atom. The number of ether oxygens (including phenoxy) is 1. The molecule has 1 saturated heterocycles. The lowest BCUT2D eigenvalue weighted by Crippen LogP contribution is -2.52. The molecule has 3 rings (SSSR count). The molecule has 0 bridgehead atoms. The van der Waals surface area contributed by atoms with E-state index in [1.807, 2.05) is 24.6 Å². The zero-order valence-electron chi connectivity index (χ0n) is 16.1. The molecular weight excluding hydrogens is 473 g/mol. The molecule has 1 aliphatic heterocycles. The summed E-state index contributed by atoms with van der Waals surface area (Å²) in [6, 6.07) is 8.22. The number of anilines is 1. The van der Waals surface area contributed by atoms with Gasteiger partial charge in [0.2, 0.25) is 0 Å². The third kappa shape index (κ3) is 5.47. The van der Waals surface area contributed by atoms with Gasteiger partial charge in [-0.25, -0.2) is 9.98 Å². The molecule has 0 unspecified atom stereocenters. The highest BCUT2D eigenvalue weighted by atomic mass is 127. The fourth-order valence-electron chi connectivity index (χ4n) is 3.10. The van der Waals surface area contributed by atoms with E-state index in [0.717, 1.165) is 55.8 Å². The van der Waals surface area contributed by atoms with Crippen LogP contribution < -0.4 is 15.0 Å². The molecule has 1 aromatic heterocycles. The summed E-state index contributed by atoms with van der Waals surface area (Å²) in [6.45, 7) is 9.48. The van der Waals surface area contributed by atoms with E-state index < -0.39 is 0 Å². The Kier molecular flexibility index (Phi) is 8.62. The van der Waals surface area contributed by atoms with Crippen LogP contribution in [-0.2, 0) is 6.54 Å². The van der Waals surface area contributed by atoms with E-state index in [1.54, 1.807) is 18.4 Å². The summed E-state index contributed by atoms with van der Waals surface area (Å²) in [5, 5.41) is 3.43. The van der Waals surface area contributed by atoms with Crippen LogP contribution in [0.2, 0.25) is 0 Å². The number of hydrogen-bond acceptors (Lipinski definition) is 5. The lowest BCUT2D eigenvalue weighted by Gasteiger charge is -2.38. The minimum atomic E-state index is 0. The van der Waals surface area contributed by atoms with Gasteiger partial charge in [-0.05, 0) is 26.0 Å². The molecule has 0 saturated carbocycles. The number of para-hydroxylation sites is 2. The van der Waals surface area contributed by atoms with Crippen molar-refractivity contribution in [1.29, 1.82) is 0 Å². The monoisotopic (exact) mass is 501 g/mol. The Bertz CT molecular complexity index is 743. The summed E-state index contributed by atoms with van der Waals surface area (Å²) in [4.78, 5) is 15.1. The van der Waals surface area contributed by atoms with Gasteiger partial charge in [0.1, 0.15) is 5.75 Å². The van der Waals surface area contributed by atoms with Gasteiger partial charge in [0.25, 0.3) is 0 Å². The number of nitrogens with zero attached hydrogens (tertiary/aromatic N) is 4. The first kappa shape index (κ1) is 21.7. The molecule has 0 radical (unpaired) electrons. The summed E-state index contributed by atoms with van der Waals surface area (Å²) in [5.74, 6) is 1.92. The molecule has 0 atom stereocenters. The van der Waals surface area contributed by atoms with Crippen molar-refractivity contribution in [1.82, 2.24) is 15.2 Å². The quantitative estimate of drug-likeness (QED) is 0.387. The second-order valence-electron chi connectivity index (χ2n) is 6.18. The maximum atomic E-state index is 5.51. The molecule has 1 aliphatic rings. The summed E-state index contributed by atoms with van der Waals surface area (Å²) in [5.41, 5.74) is 4.13. The van der Waals surface area contributed by atoms with Crippen molar-refractivity contribution in [3.63, 3.8) is 0 Å². The number of aryl methyl sites for hydroxylation is 1. The Morgan fingerprint density at radius 2 is 2.00 bits per heavy atom. The van der Waals surface area contributed by atoms with Gasteiger partial charge < -0.3 is 19.9 Å². The van der Waals surface area contributed by atoms with E-state index in [4.69, 9.17) is 9.73 Å². The zero-order chi connectivity index (χ0) is 18.4. The van der Waals surface area contributed by atoms with Gasteiger partial charge in [0, 0.05) is 37.6 Å². The summed E-state index contributed by atoms with van der Waals surface area (Å²) in [7, 11) is 1.73. The summed E-state index contributed by atoms with van der Waals surface area (Å²) < 4.78 is 5.51. The van der Waals surface area contributed by atoms with Crippen molar-refractivity contribution in [2.75, 3.05) is 44.7 Å². The second kappa shape index (κ2) is 10.7. The molecular formula is C19H28IN5OS. The first-order chi connectivity index (χ1) is 12.7. The van der Waals surface area contributed by atoms with Crippen LogP contribution in [-0.4, -0.2) is 55.7 Å². The number of guanidine groups is 1. The number of rotatable bonds is 5. The molecule has 0 aliphatic carbocycles. The van der Waals surface area contributed by atoms with Gasteiger partial charge in [-0.15, -0.1) is 35.3 Å². The first-order valence-corrected chi connectivity index (χ1v) is 9.91. The number of benzene rings is 1. The van der Waals surface area contributed by atoms with Crippen LogP contribution in [0.15, 0.2) is 34.8 Å². The van der Waals surface area contributed by atoms with E-state index >= 15 is 0 Å². The van der Waals surface area contributed by atoms with Gasteiger partial charge >= 0.3 is 0 Å². The van der Waals surface area contributed by atoms with Crippen LogP contribution in [0.1, 0.15) is 17.5 Å². The normalized spacial score (nSPS) is 14.7. The molecule has 0 spiro atoms. The molecule has 1 aromatic carbocycles. The first-order valence-electron chi connectivity index (χ1n) is 9.03. The predicted octanol–water partition coefficient (Wildman–Crippen LogP) is 3.37. The fraction of sp³-hybridized carbons (Fsp3) is 0.474. The van der Waals surface area contributed by atoms with E-state index in [-0.39, 0.29) is 24.0 Å². The summed E-state index contributed by atoms with van der Waals surface area (Å²) in [6.07, 6.45) is 0. The summed E-state index contributed by atoms with van der Waals surface area (Å²) >= 11 is 1.67. The smallest absolute Gasteiger partial charge is 0.194 e. The van der Waals surface area contributed by atoms with Gasteiger partial charge in [-0.3, -0.25) is 0 Å². The second-order valence-corrected chi connectivity index (χ2v) is 7.12. The lowest BCUT2D eigenvalue weighted by molar-refractivity contribution is 0.367. The van der Waals surface area contributed by atoms with Crippen molar-refractivity contribution >= 4 is 47.0 Å². The van der Waals surface area contributed by atoms with Crippen molar-refractivity contribution in [3.8, 4) is 5.75 Å². The van der Waals surface area contributed by atoms with Gasteiger partial charge in [0.05, 0.1) is 30.5 Å². The third-order valence-electron chi connectivity index (χ3n) is 4.56. The Hall–Kier alpha value is -1.55. The van der Waals surface area contributed by atoms with Gasteiger partial charge in [0.15, 0.2) is 5.96 Å². The van der Waals surface area contributed by atoms with Crippen molar-refractivity contribution in [2.24, 2.45) is 4.99 Å². The van der Waals surface area contributed by atoms with Crippen LogP contribution >= 0.6 is 35.3 Å². The van der Waals surface area contributed by atoms with E-state index in [0.29, 0.717) is 6.54 Å². The number of piperazine rings is 1. The number of hydrogen-bond donors (Lipinski definition) is 1. The van der Waals surface area contributed by atoms with Crippen LogP contribution in [0.5, 0.6) is 5.75 Å². The lowest BCUT2D eigenvalue weighted by atomic mass is 10.2. The topological polar surface area (TPSA) is 53.0 Å². The molecule has 0 amide bonds. The molecule has 1 N–H and O–H groups in total. The van der Waals surface area contributed by atoms with Crippen LogP contribution in [0.4, 0.5) is 5.69 Å². The number of halogens is 1. The highest BCUT2D eigenvalue weighted by Gasteiger charge is 2.21. The Morgan fingerprint density at radius 3 is 2.63 bits per heavy atom. The van der Waals surface area contributed by atoms with E-state index in [9.17, 15) is 0 Å². The number of thiazole rings is 1. The van der Waals surface area contributed by atoms with E-state index in [1.165, 1.54) is 4.88 Å². The van der Waals surface area contributed by atoms with Gasteiger partial charge in [-0.2, -0.15) is 0 Å². The third-order valence-corrected chi connectivity index (χ3v) is 5.48. The van der Waals surface area contributed by atoms with Crippen LogP contribution in [0.25, 0.3) is 0 Å². The molecule has 2 aromatic rings. The maximum absolute atomic E-state index is 5.51. The predicted molar refractivity (Wildman–Crippen MR) is 124 cm³/mol. The minimum Gasteiger partial charge on any atom is -0.495 e. The number of nitrogens with one attached hydrogen (secondary N) is 1.